The zero-order chi connectivity index (χ0) is 14.7. The van der Waals surface area contributed by atoms with Crippen LogP contribution in [-0.4, -0.2) is 22.6 Å². The fourth-order valence-electron chi connectivity index (χ4n) is 2.62. The van der Waals surface area contributed by atoms with Gasteiger partial charge in [0, 0.05) is 35.3 Å². The number of rotatable bonds is 5. The van der Waals surface area contributed by atoms with Crippen molar-refractivity contribution in [2.24, 2.45) is 5.73 Å². The standard InChI is InChI=1S/C16H19ClN4.2ClH/c17-14-4-2-1-3-11(14)5-6-19-16-9-15(20-10-21-16)12-7-13(18)8-12;;/h1-4,9-10,12-13H,5-8,18H2,(H,19,20,21);2*1H. The lowest BCUT2D eigenvalue weighted by Gasteiger charge is -2.31. The second kappa shape index (κ2) is 9.28. The number of nitrogens with zero attached hydrogens (tertiary/aromatic N) is 2. The summed E-state index contributed by atoms with van der Waals surface area (Å²) in [6.07, 6.45) is 4.54. The van der Waals surface area contributed by atoms with Crippen LogP contribution in [-0.2, 0) is 6.42 Å². The molecule has 7 heteroatoms. The molecule has 23 heavy (non-hydrogen) atoms. The summed E-state index contributed by atoms with van der Waals surface area (Å²) in [5.74, 6) is 1.36. The first-order valence-electron chi connectivity index (χ1n) is 7.27. The van der Waals surface area contributed by atoms with E-state index in [0.29, 0.717) is 12.0 Å². The van der Waals surface area contributed by atoms with Crippen molar-refractivity contribution in [1.82, 2.24) is 9.97 Å². The molecule has 1 aliphatic carbocycles. The van der Waals surface area contributed by atoms with Gasteiger partial charge in [-0.05, 0) is 30.9 Å². The molecule has 0 aliphatic heterocycles. The Bertz CT molecular complexity index is 618. The summed E-state index contributed by atoms with van der Waals surface area (Å²) in [6.45, 7) is 0.796. The fourth-order valence-corrected chi connectivity index (χ4v) is 2.85. The minimum absolute atomic E-state index is 0. The monoisotopic (exact) mass is 374 g/mol. The van der Waals surface area contributed by atoms with E-state index in [2.05, 4.69) is 15.3 Å². The lowest BCUT2D eigenvalue weighted by Crippen LogP contribution is -2.35. The second-order valence-corrected chi connectivity index (χ2v) is 5.93. The molecule has 0 radical (unpaired) electrons. The molecular formula is C16H21Cl3N4. The molecule has 1 heterocycles. The largest absolute Gasteiger partial charge is 0.370 e. The van der Waals surface area contributed by atoms with Crippen LogP contribution in [0.2, 0.25) is 5.02 Å². The van der Waals surface area contributed by atoms with Gasteiger partial charge in [-0.15, -0.1) is 24.8 Å². The zero-order valence-corrected chi connectivity index (χ0v) is 15.0. The van der Waals surface area contributed by atoms with E-state index in [4.69, 9.17) is 17.3 Å². The van der Waals surface area contributed by atoms with Crippen LogP contribution in [0, 0.1) is 0 Å². The van der Waals surface area contributed by atoms with Gasteiger partial charge in [-0.25, -0.2) is 9.97 Å². The van der Waals surface area contributed by atoms with Crippen LogP contribution in [0.15, 0.2) is 36.7 Å². The van der Waals surface area contributed by atoms with Crippen LogP contribution >= 0.6 is 36.4 Å². The molecule has 0 saturated heterocycles. The zero-order valence-electron chi connectivity index (χ0n) is 12.6. The molecule has 0 amide bonds. The molecule has 4 nitrogen and oxygen atoms in total. The molecule has 0 atom stereocenters. The first-order chi connectivity index (χ1) is 10.2. The van der Waals surface area contributed by atoms with Crippen LogP contribution in [0.1, 0.15) is 30.0 Å². The lowest BCUT2D eigenvalue weighted by atomic mass is 9.79. The number of hydrogen-bond donors (Lipinski definition) is 2. The Morgan fingerprint density at radius 3 is 2.61 bits per heavy atom. The summed E-state index contributed by atoms with van der Waals surface area (Å²) in [4.78, 5) is 8.61. The van der Waals surface area contributed by atoms with Crippen molar-refractivity contribution in [2.75, 3.05) is 11.9 Å². The van der Waals surface area contributed by atoms with Crippen LogP contribution < -0.4 is 11.1 Å². The molecule has 0 unspecified atom stereocenters. The Kier molecular flexibility index (Phi) is 8.06. The maximum atomic E-state index is 6.15. The molecule has 126 valence electrons. The number of benzene rings is 1. The van der Waals surface area contributed by atoms with E-state index in [1.54, 1.807) is 6.33 Å². The Balaban J connectivity index is 0.00000132. The van der Waals surface area contributed by atoms with Crippen molar-refractivity contribution in [1.29, 1.82) is 0 Å². The Hall–Kier alpha value is -1.07. The van der Waals surface area contributed by atoms with Gasteiger partial charge in [-0.2, -0.15) is 0 Å². The Morgan fingerprint density at radius 1 is 1.17 bits per heavy atom. The summed E-state index contributed by atoms with van der Waals surface area (Å²) in [6, 6.07) is 10.3. The van der Waals surface area contributed by atoms with E-state index in [1.165, 1.54) is 0 Å². The number of aromatic nitrogens is 2. The molecule has 1 aromatic heterocycles. The van der Waals surface area contributed by atoms with E-state index in [9.17, 15) is 0 Å². The maximum absolute atomic E-state index is 6.15. The molecule has 1 fully saturated rings. The minimum atomic E-state index is 0. The predicted molar refractivity (Wildman–Crippen MR) is 100 cm³/mol. The molecule has 1 saturated carbocycles. The molecular weight excluding hydrogens is 355 g/mol. The summed E-state index contributed by atoms with van der Waals surface area (Å²) in [7, 11) is 0. The maximum Gasteiger partial charge on any atom is 0.129 e. The summed E-state index contributed by atoms with van der Waals surface area (Å²) in [5, 5.41) is 4.15. The van der Waals surface area contributed by atoms with Gasteiger partial charge in [-0.1, -0.05) is 29.8 Å². The highest BCUT2D eigenvalue weighted by Crippen LogP contribution is 2.34. The quantitative estimate of drug-likeness (QED) is 0.833. The SMILES string of the molecule is Cl.Cl.NC1CC(c2cc(NCCc3ccccc3Cl)ncn2)C1. The fraction of sp³-hybridized carbons (Fsp3) is 0.375. The van der Waals surface area contributed by atoms with Crippen molar-refractivity contribution in [2.45, 2.75) is 31.2 Å². The Morgan fingerprint density at radius 2 is 1.91 bits per heavy atom. The van der Waals surface area contributed by atoms with Crippen molar-refractivity contribution in [3.8, 4) is 0 Å². The molecule has 1 aliphatic rings. The highest BCUT2D eigenvalue weighted by Gasteiger charge is 2.28. The third-order valence-electron chi connectivity index (χ3n) is 3.94. The topological polar surface area (TPSA) is 63.8 Å². The van der Waals surface area contributed by atoms with Gasteiger partial charge in [0.05, 0.1) is 0 Å². The first kappa shape index (κ1) is 20.0. The molecule has 0 spiro atoms. The van der Waals surface area contributed by atoms with Crippen molar-refractivity contribution in [3.05, 3.63) is 52.9 Å². The van der Waals surface area contributed by atoms with E-state index in [1.807, 2.05) is 30.3 Å². The van der Waals surface area contributed by atoms with E-state index >= 15 is 0 Å². The second-order valence-electron chi connectivity index (χ2n) is 5.52. The third kappa shape index (κ3) is 5.21. The summed E-state index contributed by atoms with van der Waals surface area (Å²) >= 11 is 6.15. The number of nitrogens with one attached hydrogen (secondary N) is 1. The predicted octanol–water partition coefficient (Wildman–Crippen LogP) is 3.83. The summed E-state index contributed by atoms with van der Waals surface area (Å²) in [5.41, 5.74) is 8.07. The minimum Gasteiger partial charge on any atom is -0.370 e. The molecule has 3 N–H and O–H groups in total. The van der Waals surface area contributed by atoms with Gasteiger partial charge in [0.25, 0.3) is 0 Å². The number of anilines is 1. The number of hydrogen-bond acceptors (Lipinski definition) is 4. The molecule has 1 aromatic carbocycles. The van der Waals surface area contributed by atoms with Gasteiger partial charge in [0.1, 0.15) is 12.1 Å². The van der Waals surface area contributed by atoms with Gasteiger partial charge in [-0.3, -0.25) is 0 Å². The van der Waals surface area contributed by atoms with E-state index in [-0.39, 0.29) is 24.8 Å². The normalized spacial score (nSPS) is 19.0. The van der Waals surface area contributed by atoms with Crippen LogP contribution in [0.4, 0.5) is 5.82 Å². The number of halogens is 3. The third-order valence-corrected chi connectivity index (χ3v) is 4.31. The van der Waals surface area contributed by atoms with Crippen molar-refractivity contribution >= 4 is 42.2 Å². The van der Waals surface area contributed by atoms with E-state index in [0.717, 1.165) is 47.9 Å². The smallest absolute Gasteiger partial charge is 0.129 e. The van der Waals surface area contributed by atoms with Crippen LogP contribution in [0.25, 0.3) is 0 Å². The summed E-state index contributed by atoms with van der Waals surface area (Å²) < 4.78 is 0. The Labute approximate surface area is 154 Å². The van der Waals surface area contributed by atoms with Gasteiger partial charge >= 0.3 is 0 Å². The highest BCUT2D eigenvalue weighted by atomic mass is 35.5. The average Bonchev–Trinajstić information content (AvgIpc) is 2.46. The van der Waals surface area contributed by atoms with Gasteiger partial charge in [0.2, 0.25) is 0 Å². The molecule has 2 aromatic rings. The van der Waals surface area contributed by atoms with Crippen LogP contribution in [0.5, 0.6) is 0 Å². The lowest BCUT2D eigenvalue weighted by molar-refractivity contribution is 0.345. The van der Waals surface area contributed by atoms with Gasteiger partial charge in [0.15, 0.2) is 0 Å². The number of nitrogens with two attached hydrogens (primary N) is 1. The average molecular weight is 376 g/mol. The van der Waals surface area contributed by atoms with Crippen LogP contribution in [0.3, 0.4) is 0 Å². The highest BCUT2D eigenvalue weighted by molar-refractivity contribution is 6.31. The van der Waals surface area contributed by atoms with Crippen molar-refractivity contribution < 1.29 is 0 Å². The molecule has 3 rings (SSSR count). The van der Waals surface area contributed by atoms with Crippen molar-refractivity contribution in [3.63, 3.8) is 0 Å². The molecule has 0 bridgehead atoms. The first-order valence-corrected chi connectivity index (χ1v) is 7.65. The van der Waals surface area contributed by atoms with Gasteiger partial charge < -0.3 is 11.1 Å². The van der Waals surface area contributed by atoms with E-state index < -0.39 is 0 Å².